The first-order valence-electron chi connectivity index (χ1n) is 4.18. The standard InChI is InChI=1S/C10H8Cl2N2/c1-5-8(11)4-3-7-9(5)13-6(2)14-10(7)12/h3-4H,1-2H3. The quantitative estimate of drug-likeness (QED) is 0.643. The van der Waals surface area contributed by atoms with Crippen LogP contribution in [0.25, 0.3) is 10.9 Å². The van der Waals surface area contributed by atoms with Gasteiger partial charge in [0.05, 0.1) is 5.52 Å². The third-order valence-electron chi connectivity index (χ3n) is 2.12. The normalized spacial score (nSPS) is 10.9. The van der Waals surface area contributed by atoms with E-state index in [1.807, 2.05) is 26.0 Å². The molecule has 0 saturated heterocycles. The highest BCUT2D eigenvalue weighted by Gasteiger charge is 2.07. The third kappa shape index (κ3) is 1.45. The molecule has 0 aliphatic carbocycles. The van der Waals surface area contributed by atoms with Crippen LogP contribution in [0.15, 0.2) is 12.1 Å². The smallest absolute Gasteiger partial charge is 0.140 e. The molecule has 1 heterocycles. The Morgan fingerprint density at radius 2 is 1.79 bits per heavy atom. The van der Waals surface area contributed by atoms with E-state index in [2.05, 4.69) is 9.97 Å². The fraction of sp³-hybridized carbons (Fsp3) is 0.200. The summed E-state index contributed by atoms with van der Waals surface area (Å²) in [6.45, 7) is 3.74. The van der Waals surface area contributed by atoms with Gasteiger partial charge in [-0.25, -0.2) is 9.97 Å². The zero-order valence-corrected chi connectivity index (χ0v) is 9.32. The SMILES string of the molecule is Cc1nc(Cl)c2ccc(Cl)c(C)c2n1. The minimum Gasteiger partial charge on any atom is -0.233 e. The first-order valence-corrected chi connectivity index (χ1v) is 4.94. The maximum atomic E-state index is 5.99. The first kappa shape index (κ1) is 9.69. The summed E-state index contributed by atoms with van der Waals surface area (Å²) in [7, 11) is 0. The Morgan fingerprint density at radius 3 is 2.50 bits per heavy atom. The molecular formula is C10H8Cl2N2. The Hall–Kier alpha value is -0.860. The van der Waals surface area contributed by atoms with Gasteiger partial charge < -0.3 is 0 Å². The van der Waals surface area contributed by atoms with Gasteiger partial charge in [0.15, 0.2) is 0 Å². The fourth-order valence-electron chi connectivity index (χ4n) is 1.38. The summed E-state index contributed by atoms with van der Waals surface area (Å²) in [5.41, 5.74) is 1.77. The Kier molecular flexibility index (Phi) is 2.33. The molecule has 1 aromatic carbocycles. The summed E-state index contributed by atoms with van der Waals surface area (Å²) in [4.78, 5) is 8.40. The first-order chi connectivity index (χ1) is 6.59. The molecule has 0 aliphatic rings. The number of benzene rings is 1. The number of rotatable bonds is 0. The highest BCUT2D eigenvalue weighted by atomic mass is 35.5. The highest BCUT2D eigenvalue weighted by molar-refractivity contribution is 6.35. The zero-order chi connectivity index (χ0) is 10.3. The summed E-state index contributed by atoms with van der Waals surface area (Å²) >= 11 is 12.0. The number of aromatic nitrogens is 2. The number of nitrogens with zero attached hydrogens (tertiary/aromatic N) is 2. The van der Waals surface area contributed by atoms with Crippen molar-refractivity contribution in [2.45, 2.75) is 13.8 Å². The fourth-order valence-corrected chi connectivity index (χ4v) is 1.80. The molecule has 0 amide bonds. The van der Waals surface area contributed by atoms with Crippen LogP contribution in [0.5, 0.6) is 0 Å². The molecule has 72 valence electrons. The monoisotopic (exact) mass is 226 g/mol. The number of fused-ring (bicyclic) bond motifs is 1. The summed E-state index contributed by atoms with van der Waals surface area (Å²) in [5.74, 6) is 0.660. The third-order valence-corrected chi connectivity index (χ3v) is 2.82. The second-order valence-corrected chi connectivity index (χ2v) is 3.90. The summed E-state index contributed by atoms with van der Waals surface area (Å²) in [6, 6.07) is 3.65. The van der Waals surface area contributed by atoms with Crippen molar-refractivity contribution in [3.05, 3.63) is 33.7 Å². The minimum atomic E-state index is 0.479. The number of hydrogen-bond donors (Lipinski definition) is 0. The van der Waals surface area contributed by atoms with E-state index < -0.39 is 0 Å². The van der Waals surface area contributed by atoms with Gasteiger partial charge in [0.25, 0.3) is 0 Å². The molecule has 0 spiro atoms. The number of halogens is 2. The van der Waals surface area contributed by atoms with Crippen molar-refractivity contribution in [3.8, 4) is 0 Å². The van der Waals surface area contributed by atoms with E-state index in [0.717, 1.165) is 16.5 Å². The van der Waals surface area contributed by atoms with Crippen LogP contribution in [0.3, 0.4) is 0 Å². The maximum Gasteiger partial charge on any atom is 0.140 e. The Bertz CT molecular complexity index is 509. The van der Waals surface area contributed by atoms with Crippen LogP contribution in [-0.4, -0.2) is 9.97 Å². The molecular weight excluding hydrogens is 219 g/mol. The molecule has 4 heteroatoms. The van der Waals surface area contributed by atoms with Gasteiger partial charge in [-0.1, -0.05) is 23.2 Å². The van der Waals surface area contributed by atoms with E-state index in [1.54, 1.807) is 0 Å². The molecule has 0 N–H and O–H groups in total. The van der Waals surface area contributed by atoms with Gasteiger partial charge in [0, 0.05) is 10.4 Å². The van der Waals surface area contributed by atoms with Crippen LogP contribution < -0.4 is 0 Å². The van der Waals surface area contributed by atoms with Crippen LogP contribution in [0.1, 0.15) is 11.4 Å². The van der Waals surface area contributed by atoms with Gasteiger partial charge >= 0.3 is 0 Å². The summed E-state index contributed by atoms with van der Waals surface area (Å²) in [5, 5.41) is 2.03. The van der Waals surface area contributed by atoms with Crippen molar-refractivity contribution >= 4 is 34.1 Å². The van der Waals surface area contributed by atoms with Gasteiger partial charge in [0.2, 0.25) is 0 Å². The molecule has 0 saturated carbocycles. The lowest BCUT2D eigenvalue weighted by Gasteiger charge is -2.05. The molecule has 0 unspecified atom stereocenters. The van der Waals surface area contributed by atoms with Gasteiger partial charge in [-0.2, -0.15) is 0 Å². The molecule has 0 radical (unpaired) electrons. The molecule has 0 bridgehead atoms. The molecule has 0 fully saturated rings. The van der Waals surface area contributed by atoms with Crippen LogP contribution in [0, 0.1) is 13.8 Å². The lowest BCUT2D eigenvalue weighted by molar-refractivity contribution is 1.09. The lowest BCUT2D eigenvalue weighted by atomic mass is 10.1. The largest absolute Gasteiger partial charge is 0.233 e. The van der Waals surface area contributed by atoms with Crippen LogP contribution in [0.2, 0.25) is 10.2 Å². The molecule has 2 aromatic rings. The second-order valence-electron chi connectivity index (χ2n) is 3.13. The van der Waals surface area contributed by atoms with E-state index in [4.69, 9.17) is 23.2 Å². The molecule has 0 aliphatic heterocycles. The van der Waals surface area contributed by atoms with Gasteiger partial charge in [-0.15, -0.1) is 0 Å². The zero-order valence-electron chi connectivity index (χ0n) is 7.81. The Morgan fingerprint density at radius 1 is 1.07 bits per heavy atom. The van der Waals surface area contributed by atoms with Gasteiger partial charge in [-0.05, 0) is 31.5 Å². The predicted octanol–water partition coefficient (Wildman–Crippen LogP) is 3.55. The number of aryl methyl sites for hydroxylation is 2. The molecule has 1 aromatic heterocycles. The second kappa shape index (κ2) is 3.37. The van der Waals surface area contributed by atoms with Crippen LogP contribution in [0.4, 0.5) is 0 Å². The van der Waals surface area contributed by atoms with Gasteiger partial charge in [-0.3, -0.25) is 0 Å². The van der Waals surface area contributed by atoms with Gasteiger partial charge in [0.1, 0.15) is 11.0 Å². The summed E-state index contributed by atoms with van der Waals surface area (Å²) < 4.78 is 0. The van der Waals surface area contributed by atoms with E-state index in [0.29, 0.717) is 16.0 Å². The average molecular weight is 227 g/mol. The minimum absolute atomic E-state index is 0.479. The van der Waals surface area contributed by atoms with Crippen molar-refractivity contribution in [2.24, 2.45) is 0 Å². The van der Waals surface area contributed by atoms with Crippen LogP contribution >= 0.6 is 23.2 Å². The topological polar surface area (TPSA) is 25.8 Å². The van der Waals surface area contributed by atoms with E-state index in [-0.39, 0.29) is 0 Å². The maximum absolute atomic E-state index is 5.99. The molecule has 0 atom stereocenters. The van der Waals surface area contributed by atoms with E-state index >= 15 is 0 Å². The Labute approximate surface area is 91.9 Å². The van der Waals surface area contributed by atoms with E-state index in [9.17, 15) is 0 Å². The molecule has 14 heavy (non-hydrogen) atoms. The summed E-state index contributed by atoms with van der Waals surface area (Å²) in [6.07, 6.45) is 0. The van der Waals surface area contributed by atoms with Crippen molar-refractivity contribution in [1.82, 2.24) is 9.97 Å². The number of hydrogen-bond acceptors (Lipinski definition) is 2. The lowest BCUT2D eigenvalue weighted by Crippen LogP contribution is -1.92. The van der Waals surface area contributed by atoms with Crippen molar-refractivity contribution < 1.29 is 0 Å². The molecule has 2 rings (SSSR count). The van der Waals surface area contributed by atoms with E-state index in [1.165, 1.54) is 0 Å². The predicted molar refractivity (Wildman–Crippen MR) is 59.0 cm³/mol. The van der Waals surface area contributed by atoms with Crippen molar-refractivity contribution in [3.63, 3.8) is 0 Å². The molecule has 2 nitrogen and oxygen atoms in total. The van der Waals surface area contributed by atoms with Crippen LogP contribution in [-0.2, 0) is 0 Å². The van der Waals surface area contributed by atoms with Crippen molar-refractivity contribution in [2.75, 3.05) is 0 Å². The highest BCUT2D eigenvalue weighted by Crippen LogP contribution is 2.27. The Balaban J connectivity index is 2.95. The average Bonchev–Trinajstić information content (AvgIpc) is 2.12. The van der Waals surface area contributed by atoms with Crippen molar-refractivity contribution in [1.29, 1.82) is 0 Å².